The molecular weight excluding hydrogens is 1260 g/mol. The summed E-state index contributed by atoms with van der Waals surface area (Å²) < 4.78 is 0. The van der Waals surface area contributed by atoms with Gasteiger partial charge in [0, 0.05) is 0 Å². The summed E-state index contributed by atoms with van der Waals surface area (Å²) in [4.78, 5) is 14.5. The molecule has 0 aliphatic carbocycles. The van der Waals surface area contributed by atoms with Gasteiger partial charge in [-0.05, 0) is 422 Å². The van der Waals surface area contributed by atoms with Gasteiger partial charge in [-0.15, -0.1) is 0 Å². The monoisotopic (exact) mass is 1350 g/mol. The number of hydrogen-bond acceptors (Lipinski definition) is 2. The Hall–Kier alpha value is -2.97. The Morgan fingerprint density at radius 2 is 0.240 bits per heavy atom. The number of hydrogen-bond donors (Lipinski definition) is 0. The maximum atomic E-state index is 7.25. The second kappa shape index (κ2) is 27.8. The summed E-state index contributed by atoms with van der Waals surface area (Å²) in [7, 11) is -1.41. The number of nitroso groups, excluding NO2 is 2. The van der Waals surface area contributed by atoms with Crippen molar-refractivity contribution in [1.29, 1.82) is 0 Å². The minimum Gasteiger partial charge on any atom is -0.577 e. The predicted octanol–water partition coefficient (Wildman–Crippen LogP) is 18.5. The van der Waals surface area contributed by atoms with Crippen LogP contribution in [0, 0.1) is 218 Å². The van der Waals surface area contributed by atoms with Crippen molar-refractivity contribution in [2.45, 2.75) is 208 Å². The van der Waals surface area contributed by atoms with Crippen molar-refractivity contribution >= 4 is 74.3 Å². The van der Waals surface area contributed by atoms with E-state index in [1.807, 2.05) is 0 Å². The molecular formula is C66H90Br2N2O2P2W-2. The summed E-state index contributed by atoms with van der Waals surface area (Å²) >= 11 is 6.33. The zero-order valence-corrected chi connectivity index (χ0v) is 59.7. The molecule has 0 saturated heterocycles. The molecule has 6 rings (SSSR count). The van der Waals surface area contributed by atoms with Crippen LogP contribution in [-0.2, 0) is 14.5 Å². The standard InChI is InChI=1S/2C33H45P.2BrH.2NO.W/c2*1-16-19(4)25(10)31(26(11)20(16)5)34(32-27(12)21(6)17(2)22(7)28(32)13)33-29(14)23(8)18(3)24(9)30(33)15;;;2*1-2;/h2*1-15H3;2*1H;;;/q;;;;2*-1;+2/p-2. The Labute approximate surface area is 480 Å². The molecule has 0 fully saturated rings. The summed E-state index contributed by atoms with van der Waals surface area (Å²) in [6.45, 7) is 70.1. The Kier molecular flexibility index (Phi) is 25.2. The van der Waals surface area contributed by atoms with Crippen molar-refractivity contribution in [3.05, 3.63) is 188 Å². The molecule has 0 radical (unpaired) electrons. The van der Waals surface area contributed by atoms with E-state index in [1.165, 1.54) is 167 Å². The molecule has 6 aromatic rings. The van der Waals surface area contributed by atoms with E-state index in [0.29, 0.717) is 0 Å². The molecule has 0 aromatic heterocycles. The third kappa shape index (κ3) is 12.4. The molecule has 0 bridgehead atoms. The van der Waals surface area contributed by atoms with Crippen molar-refractivity contribution in [2.75, 3.05) is 0 Å². The third-order valence-corrected chi connectivity index (χ3v) is 25.8. The van der Waals surface area contributed by atoms with Gasteiger partial charge in [0.25, 0.3) is 0 Å². The number of rotatable bonds is 6. The SMILES string of the molecule is Cc1c(C)c(C)c(P(c2c(C)c(C)c(C)c(C)c2C)c2c(C)c(C)c(C)c(C)c2C)c(C)c1C.Cc1c(C)c(C)c(P(c2c(C)c(C)c(C)c(C)c2C)c2c(C)c(C)c(C)c(C)c2C)c(C)c1C.[Br][W][Br].[N-]=O.[N-]=O. The van der Waals surface area contributed by atoms with Crippen LogP contribution < -0.4 is 31.8 Å². The van der Waals surface area contributed by atoms with Crippen LogP contribution in [0.15, 0.2) is 0 Å². The minimum absolute atomic E-state index is 0.125. The van der Waals surface area contributed by atoms with E-state index in [4.69, 9.17) is 21.0 Å². The van der Waals surface area contributed by atoms with Gasteiger partial charge in [-0.3, -0.25) is 0 Å². The molecule has 408 valence electrons. The average Bonchev–Trinajstić information content (AvgIpc) is 3.39. The third-order valence-electron chi connectivity index (χ3n) is 19.1. The topological polar surface area (TPSA) is 78.7 Å². The minimum atomic E-state index is -0.705. The van der Waals surface area contributed by atoms with E-state index < -0.39 is 15.8 Å². The molecule has 0 aliphatic heterocycles. The maximum absolute atomic E-state index is 7.25. The molecule has 6 aromatic carbocycles. The van der Waals surface area contributed by atoms with Crippen LogP contribution in [0.1, 0.15) is 167 Å². The van der Waals surface area contributed by atoms with Gasteiger partial charge in [0.05, 0.1) is 0 Å². The number of halogens is 2. The van der Waals surface area contributed by atoms with Gasteiger partial charge in [-0.25, -0.2) is 0 Å². The van der Waals surface area contributed by atoms with Gasteiger partial charge in [0.15, 0.2) is 0 Å². The van der Waals surface area contributed by atoms with Crippen LogP contribution in [0.2, 0.25) is 0 Å². The smallest absolute Gasteiger partial charge is 0.423 e. The summed E-state index contributed by atoms with van der Waals surface area (Å²) in [6, 6.07) is 0. The normalized spacial score (nSPS) is 10.9. The second-order valence-corrected chi connectivity index (χ2v) is 38.4. The van der Waals surface area contributed by atoms with Crippen LogP contribution >= 0.6 is 42.4 Å². The molecule has 0 N–H and O–H groups in total. The summed E-state index contributed by atoms with van der Waals surface area (Å²) in [6.07, 6.45) is 0. The molecule has 4 nitrogen and oxygen atoms in total. The van der Waals surface area contributed by atoms with E-state index in [-0.39, 0.29) is 14.5 Å². The second-order valence-electron chi connectivity index (χ2n) is 21.6. The summed E-state index contributed by atoms with van der Waals surface area (Å²) in [5.74, 6) is 0. The Morgan fingerprint density at radius 1 is 0.187 bits per heavy atom. The number of benzene rings is 6. The fourth-order valence-corrected chi connectivity index (χ4v) is 18.9. The van der Waals surface area contributed by atoms with Gasteiger partial charge in [0.2, 0.25) is 0 Å². The Bertz CT molecular complexity index is 2470. The summed E-state index contributed by atoms with van der Waals surface area (Å²) in [5, 5.41) is 9.49. The molecule has 0 amide bonds. The van der Waals surface area contributed by atoms with E-state index in [1.54, 1.807) is 31.8 Å². The molecule has 0 saturated carbocycles. The van der Waals surface area contributed by atoms with Crippen molar-refractivity contribution < 1.29 is 14.5 Å². The first-order chi connectivity index (χ1) is 34.7. The van der Waals surface area contributed by atoms with Crippen molar-refractivity contribution in [2.24, 2.45) is 0 Å². The zero-order chi connectivity index (χ0) is 58.6. The first-order valence-electron chi connectivity index (χ1n) is 26.0. The van der Waals surface area contributed by atoms with E-state index in [9.17, 15) is 0 Å². The van der Waals surface area contributed by atoms with Gasteiger partial charge < -0.3 is 21.0 Å². The van der Waals surface area contributed by atoms with Gasteiger partial charge >= 0.3 is 41.0 Å². The molecule has 75 heavy (non-hydrogen) atoms. The quantitative estimate of drug-likeness (QED) is 0.156. The first kappa shape index (κ1) is 68.1. The van der Waals surface area contributed by atoms with Crippen molar-refractivity contribution in [1.82, 2.24) is 0 Å². The van der Waals surface area contributed by atoms with Crippen LogP contribution in [0.25, 0.3) is 11.2 Å². The van der Waals surface area contributed by atoms with E-state index in [0.717, 1.165) is 0 Å². The molecule has 0 spiro atoms. The summed E-state index contributed by atoms with van der Waals surface area (Å²) in [5.41, 5.74) is 55.4. The average molecular weight is 1350 g/mol. The fraction of sp³-hybridized carbons (Fsp3) is 0.455. The zero-order valence-electron chi connectivity index (χ0n) is 51.8. The van der Waals surface area contributed by atoms with E-state index in [2.05, 4.69) is 234 Å². The Morgan fingerprint density at radius 3 is 0.307 bits per heavy atom. The predicted molar refractivity (Wildman–Crippen MR) is 344 cm³/mol. The van der Waals surface area contributed by atoms with Crippen LogP contribution in [0.3, 0.4) is 0 Å². The van der Waals surface area contributed by atoms with Crippen LogP contribution in [0.5, 0.6) is 0 Å². The van der Waals surface area contributed by atoms with Crippen LogP contribution in [0.4, 0.5) is 0 Å². The Balaban J connectivity index is 0.000000459. The molecule has 0 atom stereocenters. The molecule has 0 heterocycles. The molecule has 0 unspecified atom stereocenters. The van der Waals surface area contributed by atoms with Crippen LogP contribution in [-0.4, -0.2) is 0 Å². The van der Waals surface area contributed by atoms with Gasteiger partial charge in [0.1, 0.15) is 0 Å². The maximum Gasteiger partial charge on any atom is -0.423 e. The van der Waals surface area contributed by atoms with Gasteiger partial charge in [-0.2, -0.15) is 0 Å². The molecule has 9 heteroatoms. The fourth-order valence-electron chi connectivity index (χ4n) is 11.6. The first-order valence-corrected chi connectivity index (χ1v) is 41.5. The van der Waals surface area contributed by atoms with E-state index >= 15 is 0 Å². The largest absolute Gasteiger partial charge is 0.577 e. The number of nitrogens with zero attached hydrogens (tertiary/aromatic N) is 2. The van der Waals surface area contributed by atoms with Gasteiger partial charge in [-0.1, -0.05) is 0 Å². The van der Waals surface area contributed by atoms with Crippen molar-refractivity contribution in [3.8, 4) is 0 Å². The van der Waals surface area contributed by atoms with Crippen molar-refractivity contribution in [3.63, 3.8) is 0 Å². The molecule has 0 aliphatic rings.